The van der Waals surface area contributed by atoms with Crippen LogP contribution in [0, 0.1) is 5.92 Å². The molecule has 8 N–H and O–H groups in total. The van der Waals surface area contributed by atoms with E-state index in [1.54, 1.807) is 0 Å². The number of amides is 1. The molecule has 364 valence electrons. The fourth-order valence-electron chi connectivity index (χ4n) is 8.54. The highest BCUT2D eigenvalue weighted by Crippen LogP contribution is 2.23. The minimum Gasteiger partial charge on any atom is -0.394 e. The van der Waals surface area contributed by atoms with Crippen molar-refractivity contribution in [2.24, 2.45) is 5.92 Å². The van der Waals surface area contributed by atoms with Crippen LogP contribution in [-0.4, -0.2) is 110 Å². The fraction of sp³-hybridized carbons (Fsp3) is 0.980. The highest BCUT2D eigenvalue weighted by molar-refractivity contribution is 5.80. The molecule has 0 aromatic rings. The van der Waals surface area contributed by atoms with Crippen LogP contribution in [0.2, 0.25) is 0 Å². The first-order valence-electron chi connectivity index (χ1n) is 25.8. The minimum atomic E-state index is -1.66. The number of carbonyl (C=O) groups excluding carboxylic acids is 1. The summed E-state index contributed by atoms with van der Waals surface area (Å²) in [7, 11) is 0. The lowest BCUT2D eigenvalue weighted by Crippen LogP contribution is -2.60. The zero-order valence-corrected chi connectivity index (χ0v) is 39.6. The van der Waals surface area contributed by atoms with Gasteiger partial charge < -0.3 is 50.5 Å². The molecule has 1 aliphatic rings. The van der Waals surface area contributed by atoms with E-state index in [9.17, 15) is 40.5 Å². The fourth-order valence-corrected chi connectivity index (χ4v) is 8.54. The van der Waals surface area contributed by atoms with Crippen LogP contribution < -0.4 is 5.32 Å². The van der Waals surface area contributed by atoms with Crippen LogP contribution in [0.4, 0.5) is 0 Å². The van der Waals surface area contributed by atoms with Crippen molar-refractivity contribution >= 4 is 5.91 Å². The molecule has 0 bridgehead atoms. The second kappa shape index (κ2) is 39.5. The van der Waals surface area contributed by atoms with Gasteiger partial charge in [0, 0.05) is 0 Å². The summed E-state index contributed by atoms with van der Waals surface area (Å²) in [6.45, 7) is 5.79. The first-order valence-corrected chi connectivity index (χ1v) is 25.8. The van der Waals surface area contributed by atoms with Crippen LogP contribution in [0.15, 0.2) is 0 Å². The molecular formula is C50H99NO10. The Kier molecular flexibility index (Phi) is 37.6. The monoisotopic (exact) mass is 874 g/mol. The Labute approximate surface area is 373 Å². The molecule has 1 saturated heterocycles. The van der Waals surface area contributed by atoms with Gasteiger partial charge in [-0.25, -0.2) is 0 Å². The molecule has 0 saturated carbocycles. The molecule has 1 fully saturated rings. The molecule has 0 aromatic heterocycles. The summed E-state index contributed by atoms with van der Waals surface area (Å²) >= 11 is 0. The third-order valence-corrected chi connectivity index (χ3v) is 13.2. The van der Waals surface area contributed by atoms with Gasteiger partial charge in [0.05, 0.1) is 25.4 Å². The Morgan fingerprint density at radius 3 is 1.36 bits per heavy atom. The van der Waals surface area contributed by atoms with E-state index in [1.165, 1.54) is 154 Å². The van der Waals surface area contributed by atoms with Crippen LogP contribution in [0.5, 0.6) is 0 Å². The Hall–Kier alpha value is -0.890. The van der Waals surface area contributed by atoms with E-state index in [-0.39, 0.29) is 6.42 Å². The van der Waals surface area contributed by atoms with Gasteiger partial charge in [-0.15, -0.1) is 0 Å². The Balaban J connectivity index is 2.35. The predicted molar refractivity (Wildman–Crippen MR) is 247 cm³/mol. The van der Waals surface area contributed by atoms with E-state index >= 15 is 0 Å². The topological polar surface area (TPSA) is 189 Å². The molecule has 0 aliphatic carbocycles. The van der Waals surface area contributed by atoms with Crippen LogP contribution in [0.25, 0.3) is 0 Å². The van der Waals surface area contributed by atoms with Crippen molar-refractivity contribution in [3.05, 3.63) is 0 Å². The van der Waals surface area contributed by atoms with Crippen molar-refractivity contribution in [3.8, 4) is 0 Å². The first-order chi connectivity index (χ1) is 29.6. The molecule has 1 aliphatic heterocycles. The van der Waals surface area contributed by atoms with Crippen molar-refractivity contribution in [3.63, 3.8) is 0 Å². The molecular weight excluding hydrogens is 775 g/mol. The lowest BCUT2D eigenvalue weighted by molar-refractivity contribution is -0.303. The maximum Gasteiger partial charge on any atom is 0.249 e. The Bertz CT molecular complexity index is 975. The summed E-state index contributed by atoms with van der Waals surface area (Å²) in [5.74, 6) is 0.122. The summed E-state index contributed by atoms with van der Waals surface area (Å²) in [5.41, 5.74) is 0. The summed E-state index contributed by atoms with van der Waals surface area (Å²) in [6, 6.07) is -1.16. The smallest absolute Gasteiger partial charge is 0.249 e. The van der Waals surface area contributed by atoms with Gasteiger partial charge in [-0.1, -0.05) is 226 Å². The molecule has 11 nitrogen and oxygen atoms in total. The number of unbranched alkanes of at least 4 members (excludes halogenated alkanes) is 28. The number of aliphatic hydroxyl groups excluding tert-OH is 7. The predicted octanol–water partition coefficient (Wildman–Crippen LogP) is 9.31. The molecule has 0 radical (unpaired) electrons. The molecule has 0 spiro atoms. The third kappa shape index (κ3) is 29.3. The standard InChI is InChI=1S/C50H99NO10/c1-4-6-7-8-9-10-11-12-13-14-15-16-17-18-19-20-21-24-28-31-34-37-43(54)49(59)51-41(39-60-50-48(58)47(57)46(56)44(38-52)61-50)45(55)42(53)36-33-30-27-25-22-23-26-29-32-35-40(3)5-2/h40-48,50,52-58H,4-39H2,1-3H3,(H,51,59)/t40?,41-,42-,43?,44-,45+,46+,47+,48-,50+/m1/s1. The van der Waals surface area contributed by atoms with Crippen molar-refractivity contribution in [1.29, 1.82) is 0 Å². The van der Waals surface area contributed by atoms with Gasteiger partial charge in [0.2, 0.25) is 5.91 Å². The van der Waals surface area contributed by atoms with Crippen molar-refractivity contribution in [2.45, 2.75) is 294 Å². The number of ether oxygens (including phenoxy) is 2. The molecule has 1 rings (SSSR count). The summed E-state index contributed by atoms with van der Waals surface area (Å²) in [5, 5.41) is 75.8. The normalized spacial score (nSPS) is 21.9. The maximum absolute atomic E-state index is 13.1. The molecule has 10 atom stereocenters. The van der Waals surface area contributed by atoms with Gasteiger partial charge in [-0.05, 0) is 18.8 Å². The van der Waals surface area contributed by atoms with Gasteiger partial charge in [0.15, 0.2) is 6.29 Å². The summed E-state index contributed by atoms with van der Waals surface area (Å²) < 4.78 is 11.1. The lowest BCUT2D eigenvalue weighted by Gasteiger charge is -2.40. The van der Waals surface area contributed by atoms with Gasteiger partial charge >= 0.3 is 0 Å². The van der Waals surface area contributed by atoms with Crippen LogP contribution in [-0.2, 0) is 14.3 Å². The minimum absolute atomic E-state index is 0.266. The van der Waals surface area contributed by atoms with E-state index in [2.05, 4.69) is 26.1 Å². The summed E-state index contributed by atoms with van der Waals surface area (Å²) in [4.78, 5) is 13.1. The van der Waals surface area contributed by atoms with Crippen molar-refractivity contribution < 1.29 is 50.0 Å². The lowest BCUT2D eigenvalue weighted by atomic mass is 9.98. The zero-order chi connectivity index (χ0) is 44.9. The molecule has 1 amide bonds. The van der Waals surface area contributed by atoms with Gasteiger partial charge in [-0.3, -0.25) is 4.79 Å². The van der Waals surface area contributed by atoms with Gasteiger partial charge in [0.25, 0.3) is 0 Å². The van der Waals surface area contributed by atoms with E-state index in [0.29, 0.717) is 19.3 Å². The third-order valence-electron chi connectivity index (χ3n) is 13.2. The number of aliphatic hydroxyl groups is 7. The quantitative estimate of drug-likeness (QED) is 0.0274. The van der Waals surface area contributed by atoms with Crippen LogP contribution in [0.1, 0.15) is 239 Å². The van der Waals surface area contributed by atoms with E-state index in [4.69, 9.17) is 9.47 Å². The van der Waals surface area contributed by atoms with Crippen LogP contribution in [0.3, 0.4) is 0 Å². The molecule has 11 heteroatoms. The van der Waals surface area contributed by atoms with Gasteiger partial charge in [-0.2, -0.15) is 0 Å². The Morgan fingerprint density at radius 2 is 0.951 bits per heavy atom. The number of nitrogens with one attached hydrogen (secondary N) is 1. The number of hydrogen-bond donors (Lipinski definition) is 8. The Morgan fingerprint density at radius 1 is 0.557 bits per heavy atom. The van der Waals surface area contributed by atoms with E-state index in [1.807, 2.05) is 0 Å². The second-order valence-corrected chi connectivity index (χ2v) is 18.9. The van der Waals surface area contributed by atoms with E-state index in [0.717, 1.165) is 44.4 Å². The van der Waals surface area contributed by atoms with Gasteiger partial charge in [0.1, 0.15) is 36.6 Å². The molecule has 2 unspecified atom stereocenters. The second-order valence-electron chi connectivity index (χ2n) is 18.9. The molecule has 1 heterocycles. The van der Waals surface area contributed by atoms with Crippen LogP contribution >= 0.6 is 0 Å². The maximum atomic E-state index is 13.1. The first kappa shape index (κ1) is 58.1. The zero-order valence-electron chi connectivity index (χ0n) is 39.6. The number of hydrogen-bond acceptors (Lipinski definition) is 10. The van der Waals surface area contributed by atoms with E-state index < -0.39 is 74.2 Å². The molecule has 61 heavy (non-hydrogen) atoms. The van der Waals surface area contributed by atoms with Crippen molar-refractivity contribution in [2.75, 3.05) is 13.2 Å². The summed E-state index contributed by atoms with van der Waals surface area (Å²) in [6.07, 6.45) is 28.7. The average molecular weight is 874 g/mol. The highest BCUT2D eigenvalue weighted by atomic mass is 16.7. The largest absolute Gasteiger partial charge is 0.394 e. The highest BCUT2D eigenvalue weighted by Gasteiger charge is 2.44. The molecule has 0 aromatic carbocycles. The number of carbonyl (C=O) groups is 1. The SMILES string of the molecule is CCCCCCCCCCCCCCCCCCCCCCCC(O)C(=O)N[C@H](CO[C@H]1O[C@H](CO)[C@H](O)[C@H](O)[C@H]1O)[C@H](O)[C@H](O)CCCCCCCCCCCC(C)CC. The van der Waals surface area contributed by atoms with Crippen molar-refractivity contribution in [1.82, 2.24) is 5.32 Å². The average Bonchev–Trinajstić information content (AvgIpc) is 3.26. The number of rotatable bonds is 43.